The molecule has 2 atom stereocenters. The molecule has 0 unspecified atom stereocenters. The quantitative estimate of drug-likeness (QED) is 0.398. The molecule has 0 aliphatic heterocycles. The lowest BCUT2D eigenvalue weighted by Gasteiger charge is -2.20. The van der Waals surface area contributed by atoms with E-state index in [0.29, 0.717) is 12.2 Å². The third kappa shape index (κ3) is 4.39. The van der Waals surface area contributed by atoms with E-state index < -0.39 is 6.04 Å². The van der Waals surface area contributed by atoms with Crippen LogP contribution in [-0.4, -0.2) is 23.5 Å². The minimum atomic E-state index is -0.396. The molecule has 0 saturated carbocycles. The van der Waals surface area contributed by atoms with Crippen LogP contribution in [0.5, 0.6) is 0 Å². The van der Waals surface area contributed by atoms with Gasteiger partial charge in [-0.2, -0.15) is 0 Å². The molecule has 0 bridgehead atoms. The van der Waals surface area contributed by atoms with Gasteiger partial charge in [0.2, 0.25) is 5.91 Å². The highest BCUT2D eigenvalue weighted by Crippen LogP contribution is 2.32. The van der Waals surface area contributed by atoms with Gasteiger partial charge in [0.25, 0.3) is 0 Å². The predicted octanol–water partition coefficient (Wildman–Crippen LogP) is 5.12. The fourth-order valence-corrected chi connectivity index (χ4v) is 4.25. The topological polar surface area (TPSA) is 56.9 Å². The first kappa shape index (κ1) is 19.4. The zero-order valence-corrected chi connectivity index (χ0v) is 16.8. The molecule has 29 heavy (non-hydrogen) atoms. The van der Waals surface area contributed by atoms with Gasteiger partial charge in [0, 0.05) is 40.1 Å². The van der Waals surface area contributed by atoms with Crippen molar-refractivity contribution in [3.63, 3.8) is 0 Å². The maximum Gasteiger partial charge on any atom is 0.241 e. The van der Waals surface area contributed by atoms with Crippen LogP contribution in [0, 0.1) is 5.82 Å². The monoisotopic (exact) mass is 407 g/mol. The summed E-state index contributed by atoms with van der Waals surface area (Å²) in [6.45, 7) is 2.46. The van der Waals surface area contributed by atoms with Gasteiger partial charge >= 0.3 is 0 Å². The molecule has 2 aromatic heterocycles. The number of aromatic amines is 1. The first-order chi connectivity index (χ1) is 14.1. The first-order valence-corrected chi connectivity index (χ1v) is 10.4. The third-order valence-electron chi connectivity index (χ3n) is 5.02. The summed E-state index contributed by atoms with van der Waals surface area (Å²) in [5.41, 5.74) is 2.89. The predicted molar refractivity (Wildman–Crippen MR) is 117 cm³/mol. The van der Waals surface area contributed by atoms with Crippen molar-refractivity contribution in [2.45, 2.75) is 18.9 Å². The van der Waals surface area contributed by atoms with Crippen LogP contribution in [-0.2, 0) is 4.79 Å². The molecule has 4 nitrogen and oxygen atoms in total. The van der Waals surface area contributed by atoms with Gasteiger partial charge in [0.1, 0.15) is 5.82 Å². The number of hydrogen-bond donors (Lipinski definition) is 3. The number of aromatic nitrogens is 1. The van der Waals surface area contributed by atoms with E-state index in [1.165, 1.54) is 28.0 Å². The molecule has 0 aliphatic carbocycles. The van der Waals surface area contributed by atoms with Crippen LogP contribution in [0.3, 0.4) is 0 Å². The van der Waals surface area contributed by atoms with Crippen LogP contribution in [0.15, 0.2) is 72.2 Å². The van der Waals surface area contributed by atoms with E-state index in [0.717, 1.165) is 5.52 Å². The minimum Gasteiger partial charge on any atom is -0.361 e. The third-order valence-corrected chi connectivity index (χ3v) is 6.00. The molecule has 0 saturated heterocycles. The van der Waals surface area contributed by atoms with Gasteiger partial charge in [-0.1, -0.05) is 24.3 Å². The fraction of sp³-hybridized carbons (Fsp3) is 0.174. The highest BCUT2D eigenvalue weighted by atomic mass is 32.1. The number of fused-ring (bicyclic) bond motifs is 1. The number of amides is 1. The maximum atomic E-state index is 13.0. The number of anilines is 1. The summed E-state index contributed by atoms with van der Waals surface area (Å²) in [7, 11) is 0. The number of hydrogen-bond acceptors (Lipinski definition) is 3. The molecule has 0 fully saturated rings. The summed E-state index contributed by atoms with van der Waals surface area (Å²) in [5.74, 6) is -0.348. The SMILES string of the molecule is C[C@H](NC[C@H](c1cccs1)c1c[nH]c2ccccc12)C(=O)Nc1ccc(F)cc1. The Balaban J connectivity index is 1.48. The molecule has 0 radical (unpaired) electrons. The smallest absolute Gasteiger partial charge is 0.241 e. The van der Waals surface area contributed by atoms with Gasteiger partial charge in [-0.25, -0.2) is 4.39 Å². The van der Waals surface area contributed by atoms with E-state index in [-0.39, 0.29) is 17.6 Å². The second-order valence-electron chi connectivity index (χ2n) is 6.98. The molecular formula is C23H22FN3OS. The Labute approximate surface area is 172 Å². The van der Waals surface area contributed by atoms with E-state index in [9.17, 15) is 9.18 Å². The fourth-order valence-electron chi connectivity index (χ4n) is 3.41. The standard InChI is InChI=1S/C23H22FN3OS/c1-15(23(28)27-17-10-8-16(24)9-11-17)25-14-20(22-7-4-12-29-22)19-13-26-21-6-3-2-5-18(19)21/h2-13,15,20,25-26H,14H2,1H3,(H,27,28)/t15-,20-/m0/s1. The number of carbonyl (C=O) groups is 1. The Morgan fingerprint density at radius 1 is 1.10 bits per heavy atom. The Kier molecular flexibility index (Phi) is 5.74. The maximum absolute atomic E-state index is 13.0. The molecule has 6 heteroatoms. The van der Waals surface area contributed by atoms with E-state index in [1.54, 1.807) is 23.5 Å². The zero-order valence-electron chi connectivity index (χ0n) is 16.0. The normalized spacial score (nSPS) is 13.3. The van der Waals surface area contributed by atoms with Gasteiger partial charge in [-0.3, -0.25) is 4.79 Å². The molecule has 2 aromatic carbocycles. The molecule has 3 N–H and O–H groups in total. The van der Waals surface area contributed by atoms with Crippen molar-refractivity contribution in [3.8, 4) is 0 Å². The van der Waals surface area contributed by atoms with Crippen LogP contribution < -0.4 is 10.6 Å². The van der Waals surface area contributed by atoms with Crippen molar-refractivity contribution in [1.29, 1.82) is 0 Å². The number of benzene rings is 2. The lowest BCUT2D eigenvalue weighted by Crippen LogP contribution is -2.40. The van der Waals surface area contributed by atoms with E-state index >= 15 is 0 Å². The van der Waals surface area contributed by atoms with Crippen LogP contribution >= 0.6 is 11.3 Å². The number of H-pyrrole nitrogens is 1. The second-order valence-corrected chi connectivity index (χ2v) is 7.96. The van der Waals surface area contributed by atoms with Gasteiger partial charge < -0.3 is 15.6 Å². The Hall–Kier alpha value is -2.96. The summed E-state index contributed by atoms with van der Waals surface area (Å²) in [6, 6.07) is 17.8. The van der Waals surface area contributed by atoms with Gasteiger partial charge in [-0.05, 0) is 54.3 Å². The summed E-state index contributed by atoms with van der Waals surface area (Å²) in [5, 5.41) is 9.44. The molecule has 0 aliphatic rings. The van der Waals surface area contributed by atoms with E-state index in [1.807, 2.05) is 25.1 Å². The first-order valence-electron chi connectivity index (χ1n) is 9.51. The van der Waals surface area contributed by atoms with Crippen LogP contribution in [0.2, 0.25) is 0 Å². The van der Waals surface area contributed by atoms with Crippen molar-refractivity contribution in [2.24, 2.45) is 0 Å². The summed E-state index contributed by atoms with van der Waals surface area (Å²) in [6.07, 6.45) is 2.06. The summed E-state index contributed by atoms with van der Waals surface area (Å²) >= 11 is 1.71. The number of halogens is 1. The van der Waals surface area contributed by atoms with Crippen molar-refractivity contribution in [2.75, 3.05) is 11.9 Å². The van der Waals surface area contributed by atoms with Crippen molar-refractivity contribution in [3.05, 3.63) is 88.5 Å². The van der Waals surface area contributed by atoms with Crippen LogP contribution in [0.1, 0.15) is 23.3 Å². The molecule has 4 aromatic rings. The van der Waals surface area contributed by atoms with E-state index in [2.05, 4.69) is 45.4 Å². The Morgan fingerprint density at radius 2 is 1.90 bits per heavy atom. The molecular weight excluding hydrogens is 385 g/mol. The lowest BCUT2D eigenvalue weighted by atomic mass is 9.96. The van der Waals surface area contributed by atoms with Crippen LogP contribution in [0.4, 0.5) is 10.1 Å². The van der Waals surface area contributed by atoms with Gasteiger partial charge in [0.05, 0.1) is 6.04 Å². The lowest BCUT2D eigenvalue weighted by molar-refractivity contribution is -0.117. The molecule has 148 valence electrons. The molecule has 0 spiro atoms. The van der Waals surface area contributed by atoms with Gasteiger partial charge in [0.15, 0.2) is 0 Å². The number of nitrogens with one attached hydrogen (secondary N) is 3. The Morgan fingerprint density at radius 3 is 2.66 bits per heavy atom. The highest BCUT2D eigenvalue weighted by molar-refractivity contribution is 7.10. The Bertz CT molecular complexity index is 1090. The van der Waals surface area contributed by atoms with E-state index in [4.69, 9.17) is 0 Å². The van der Waals surface area contributed by atoms with Crippen molar-refractivity contribution < 1.29 is 9.18 Å². The number of rotatable bonds is 7. The largest absolute Gasteiger partial charge is 0.361 e. The number of thiophene rings is 1. The average Bonchev–Trinajstić information content (AvgIpc) is 3.40. The highest BCUT2D eigenvalue weighted by Gasteiger charge is 2.21. The van der Waals surface area contributed by atoms with Crippen molar-refractivity contribution in [1.82, 2.24) is 10.3 Å². The molecule has 1 amide bonds. The van der Waals surface area contributed by atoms with Crippen molar-refractivity contribution >= 4 is 33.8 Å². The van der Waals surface area contributed by atoms with Crippen LogP contribution in [0.25, 0.3) is 10.9 Å². The second kappa shape index (κ2) is 8.59. The number of carbonyl (C=O) groups excluding carboxylic acids is 1. The minimum absolute atomic E-state index is 0.132. The zero-order chi connectivity index (χ0) is 20.2. The molecule has 4 rings (SSSR count). The number of para-hydroxylation sites is 1. The summed E-state index contributed by atoms with van der Waals surface area (Å²) < 4.78 is 13.0. The average molecular weight is 408 g/mol. The molecule has 2 heterocycles. The van der Waals surface area contributed by atoms with Gasteiger partial charge in [-0.15, -0.1) is 11.3 Å². The summed E-state index contributed by atoms with van der Waals surface area (Å²) in [4.78, 5) is 17.1.